The van der Waals surface area contributed by atoms with E-state index in [-0.39, 0.29) is 11.7 Å². The number of aryl methyl sites for hydroxylation is 1. The minimum absolute atomic E-state index is 0.151. The van der Waals surface area contributed by atoms with Gasteiger partial charge in [0.15, 0.2) is 0 Å². The van der Waals surface area contributed by atoms with Crippen LogP contribution in [0.4, 0.5) is 4.39 Å². The number of hydrogen-bond donors (Lipinski definition) is 1. The van der Waals surface area contributed by atoms with Crippen LogP contribution in [0.1, 0.15) is 40.5 Å². The van der Waals surface area contributed by atoms with Crippen LogP contribution in [0.15, 0.2) is 58.8 Å². The third kappa shape index (κ3) is 5.00. The first kappa shape index (κ1) is 20.6. The van der Waals surface area contributed by atoms with E-state index in [0.29, 0.717) is 17.7 Å². The Labute approximate surface area is 173 Å². The van der Waals surface area contributed by atoms with Crippen molar-refractivity contribution in [1.29, 1.82) is 0 Å². The van der Waals surface area contributed by atoms with Crippen molar-refractivity contribution in [2.45, 2.75) is 36.8 Å². The summed E-state index contributed by atoms with van der Waals surface area (Å²) in [7, 11) is 0. The third-order valence-electron chi connectivity index (χ3n) is 4.47. The van der Waals surface area contributed by atoms with Crippen LogP contribution >= 0.6 is 23.1 Å². The minimum atomic E-state index is -0.513. The average molecular weight is 415 g/mol. The van der Waals surface area contributed by atoms with Gasteiger partial charge in [-0.15, -0.1) is 23.1 Å². The van der Waals surface area contributed by atoms with E-state index in [2.05, 4.69) is 10.3 Å². The first-order valence-electron chi connectivity index (χ1n) is 9.03. The second-order valence-corrected chi connectivity index (χ2v) is 9.27. The molecule has 0 radical (unpaired) electrons. The Morgan fingerprint density at radius 2 is 1.89 bits per heavy atom. The van der Waals surface area contributed by atoms with Gasteiger partial charge in [-0.3, -0.25) is 4.79 Å². The molecule has 3 aromatic rings. The Bertz CT molecular complexity index is 968. The molecule has 3 nitrogen and oxygen atoms in total. The smallest absolute Gasteiger partial charge is 0.252 e. The van der Waals surface area contributed by atoms with Crippen LogP contribution in [-0.4, -0.2) is 17.4 Å². The summed E-state index contributed by atoms with van der Waals surface area (Å²) in [6.07, 6.45) is 0. The molecule has 1 N–H and O–H groups in total. The van der Waals surface area contributed by atoms with E-state index in [1.54, 1.807) is 35.2 Å². The number of carbonyl (C=O) groups is 1. The van der Waals surface area contributed by atoms with Crippen molar-refractivity contribution in [3.63, 3.8) is 0 Å². The summed E-state index contributed by atoms with van der Waals surface area (Å²) in [4.78, 5) is 18.2. The molecule has 1 heterocycles. The molecule has 0 atom stereocenters. The number of benzene rings is 2. The summed E-state index contributed by atoms with van der Waals surface area (Å²) in [5, 5.41) is 6.06. The lowest BCUT2D eigenvalue weighted by molar-refractivity contribution is 0.0942. The molecule has 146 valence electrons. The monoisotopic (exact) mass is 414 g/mol. The second kappa shape index (κ2) is 8.88. The number of nitrogens with zero attached hydrogens (tertiary/aromatic N) is 1. The third-order valence-corrected chi connectivity index (χ3v) is 6.40. The maximum absolute atomic E-state index is 14.1. The highest BCUT2D eigenvalue weighted by Crippen LogP contribution is 2.28. The van der Waals surface area contributed by atoms with Crippen LogP contribution in [0.2, 0.25) is 0 Å². The maximum atomic E-state index is 14.1. The molecule has 0 aliphatic heterocycles. The topological polar surface area (TPSA) is 42.0 Å². The highest BCUT2D eigenvalue weighted by atomic mass is 32.2. The number of carbonyl (C=O) groups excluding carboxylic acids is 1. The summed E-state index contributed by atoms with van der Waals surface area (Å²) >= 11 is 3.22. The molecular formula is C22H23FN2OS2. The molecule has 0 aliphatic rings. The summed E-state index contributed by atoms with van der Waals surface area (Å²) in [6, 6.07) is 14.2. The molecular weight excluding hydrogens is 391 g/mol. The van der Waals surface area contributed by atoms with Crippen molar-refractivity contribution in [3.05, 3.63) is 81.6 Å². The van der Waals surface area contributed by atoms with Gasteiger partial charge in [0.1, 0.15) is 5.82 Å². The lowest BCUT2D eigenvalue weighted by Crippen LogP contribution is -2.37. The van der Waals surface area contributed by atoms with Crippen LogP contribution in [-0.2, 0) is 11.2 Å². The van der Waals surface area contributed by atoms with E-state index in [9.17, 15) is 9.18 Å². The van der Waals surface area contributed by atoms with E-state index in [4.69, 9.17) is 0 Å². The van der Waals surface area contributed by atoms with E-state index in [1.165, 1.54) is 6.07 Å². The van der Waals surface area contributed by atoms with Gasteiger partial charge in [0.05, 0.1) is 16.3 Å². The molecule has 0 bridgehead atoms. The number of halogens is 1. The van der Waals surface area contributed by atoms with Gasteiger partial charge >= 0.3 is 0 Å². The molecule has 0 fully saturated rings. The number of hydrogen-bond acceptors (Lipinski definition) is 4. The number of amides is 1. The Kier molecular flexibility index (Phi) is 6.52. The number of thiazole rings is 1. The molecule has 3 rings (SSSR count). The lowest BCUT2D eigenvalue weighted by atomic mass is 9.84. The van der Waals surface area contributed by atoms with Crippen LogP contribution in [0.5, 0.6) is 0 Å². The second-order valence-electron chi connectivity index (χ2n) is 7.19. The zero-order valence-corrected chi connectivity index (χ0v) is 17.8. The van der Waals surface area contributed by atoms with E-state index < -0.39 is 5.41 Å². The highest BCUT2D eigenvalue weighted by Gasteiger charge is 2.25. The maximum Gasteiger partial charge on any atom is 0.252 e. The minimum Gasteiger partial charge on any atom is -0.351 e. The Morgan fingerprint density at radius 3 is 2.61 bits per heavy atom. The van der Waals surface area contributed by atoms with E-state index >= 15 is 0 Å². The molecule has 0 unspecified atom stereocenters. The molecule has 1 aromatic heterocycles. The first-order chi connectivity index (χ1) is 13.4. The van der Waals surface area contributed by atoms with Gasteiger partial charge < -0.3 is 5.32 Å². The van der Waals surface area contributed by atoms with Gasteiger partial charge in [-0.25, -0.2) is 9.37 Å². The van der Waals surface area contributed by atoms with Crippen molar-refractivity contribution in [2.75, 3.05) is 6.54 Å². The zero-order chi connectivity index (χ0) is 20.1. The summed E-state index contributed by atoms with van der Waals surface area (Å²) in [5.41, 5.74) is 1.73. The summed E-state index contributed by atoms with van der Waals surface area (Å²) in [5.74, 6) is 0.313. The average Bonchev–Trinajstić information content (AvgIpc) is 3.10. The van der Waals surface area contributed by atoms with Crippen LogP contribution in [0.3, 0.4) is 0 Å². The predicted octanol–water partition coefficient (Wildman–Crippen LogP) is 5.59. The van der Waals surface area contributed by atoms with Crippen LogP contribution in [0.25, 0.3) is 0 Å². The SMILES string of the molecule is Cc1nc(CSc2ccccc2C(=O)NCC(C)(C)c2ccccc2F)cs1. The molecule has 2 aromatic carbocycles. The molecule has 0 saturated carbocycles. The molecule has 28 heavy (non-hydrogen) atoms. The Morgan fingerprint density at radius 1 is 1.18 bits per heavy atom. The van der Waals surface area contributed by atoms with E-state index in [0.717, 1.165) is 21.3 Å². The van der Waals surface area contributed by atoms with Gasteiger partial charge in [0.2, 0.25) is 0 Å². The number of nitrogens with one attached hydrogen (secondary N) is 1. The largest absolute Gasteiger partial charge is 0.351 e. The number of rotatable bonds is 7. The van der Waals surface area contributed by atoms with Gasteiger partial charge in [-0.05, 0) is 30.7 Å². The van der Waals surface area contributed by atoms with Gasteiger partial charge in [0.25, 0.3) is 5.91 Å². The zero-order valence-electron chi connectivity index (χ0n) is 16.2. The fourth-order valence-electron chi connectivity index (χ4n) is 2.91. The number of thioether (sulfide) groups is 1. The number of aromatic nitrogens is 1. The normalized spacial score (nSPS) is 11.4. The molecule has 0 aliphatic carbocycles. The van der Waals surface area contributed by atoms with Crippen LogP contribution < -0.4 is 5.32 Å². The standard InChI is InChI=1S/C22H23FN2OS2/c1-15-25-16(12-27-15)13-28-20-11-7-4-8-17(20)21(26)24-14-22(2,3)18-9-5-6-10-19(18)23/h4-12H,13-14H2,1-3H3,(H,24,26). The summed E-state index contributed by atoms with van der Waals surface area (Å²) in [6.45, 7) is 6.18. The van der Waals surface area contributed by atoms with Crippen molar-refractivity contribution in [2.24, 2.45) is 0 Å². The van der Waals surface area contributed by atoms with Gasteiger partial charge in [-0.2, -0.15) is 0 Å². The molecule has 6 heteroatoms. The Balaban J connectivity index is 1.68. The fourth-order valence-corrected chi connectivity index (χ4v) is 4.57. The summed E-state index contributed by atoms with van der Waals surface area (Å²) < 4.78 is 14.1. The van der Waals surface area contributed by atoms with Crippen molar-refractivity contribution >= 4 is 29.0 Å². The van der Waals surface area contributed by atoms with Crippen molar-refractivity contribution < 1.29 is 9.18 Å². The highest BCUT2D eigenvalue weighted by molar-refractivity contribution is 7.98. The molecule has 1 amide bonds. The Hall–Kier alpha value is -2.18. The van der Waals surface area contributed by atoms with E-state index in [1.807, 2.05) is 56.5 Å². The van der Waals surface area contributed by atoms with Crippen LogP contribution in [0, 0.1) is 12.7 Å². The van der Waals surface area contributed by atoms with Gasteiger partial charge in [0, 0.05) is 28.0 Å². The van der Waals surface area contributed by atoms with Gasteiger partial charge in [-0.1, -0.05) is 44.2 Å². The molecule has 0 saturated heterocycles. The van der Waals surface area contributed by atoms with Crippen molar-refractivity contribution in [3.8, 4) is 0 Å². The fraction of sp³-hybridized carbons (Fsp3) is 0.273. The van der Waals surface area contributed by atoms with Crippen molar-refractivity contribution in [1.82, 2.24) is 10.3 Å². The quantitative estimate of drug-likeness (QED) is 0.512. The lowest BCUT2D eigenvalue weighted by Gasteiger charge is -2.26. The molecule has 0 spiro atoms. The first-order valence-corrected chi connectivity index (χ1v) is 10.9. The predicted molar refractivity (Wildman–Crippen MR) is 115 cm³/mol.